The Balaban J connectivity index is 0.000000276. The quantitative estimate of drug-likeness (QED) is 0.0452. The van der Waals surface area contributed by atoms with Crippen molar-refractivity contribution >= 4 is 79.4 Å². The van der Waals surface area contributed by atoms with E-state index in [0.717, 1.165) is 55.9 Å². The van der Waals surface area contributed by atoms with Crippen LogP contribution in [-0.4, -0.2) is 169 Å². The Hall–Kier alpha value is -6.21. The van der Waals surface area contributed by atoms with Crippen molar-refractivity contribution in [3.63, 3.8) is 0 Å². The fraction of sp³-hybridized carbons (Fsp3) is 0.490. The van der Waals surface area contributed by atoms with Gasteiger partial charge in [0.1, 0.15) is 34.2 Å². The molecule has 9 rings (SSSR count). The number of alkyl halides is 3. The van der Waals surface area contributed by atoms with E-state index in [2.05, 4.69) is 14.7 Å². The summed E-state index contributed by atoms with van der Waals surface area (Å²) in [7, 11) is -4.15. The van der Waals surface area contributed by atoms with Crippen LogP contribution in [0.2, 0.25) is 10.0 Å². The normalized spacial score (nSPS) is 19.7. The molecule has 3 atom stereocenters. The van der Waals surface area contributed by atoms with Crippen LogP contribution in [0.1, 0.15) is 55.3 Å². The highest BCUT2D eigenvalue weighted by Crippen LogP contribution is 2.37. The molecule has 20 nitrogen and oxygen atoms in total. The third-order valence-electron chi connectivity index (χ3n) is 13.2. The molecular formula is C49H60Cl2F3N11O9S. The van der Waals surface area contributed by atoms with E-state index in [1.165, 1.54) is 18.2 Å². The SMILES string of the molecule is Cc1cc(C)c2cccc(OCc3c(Cl)ccc(S(=O)(=O)NC4CCCC4C(=O)N4CCN(C(=O)CC(N)CCCN=C(N)N)CC4)c3Cl)c2n1.O=C(O)C(F)(F)F.O=C1C=C(N2CC2)C(=O)C(N2CC2)=C1N1CC1. The van der Waals surface area contributed by atoms with Crippen LogP contribution in [-0.2, 0) is 40.6 Å². The van der Waals surface area contributed by atoms with Gasteiger partial charge in [-0.3, -0.25) is 24.2 Å². The van der Waals surface area contributed by atoms with E-state index in [0.29, 0.717) is 98.7 Å². The first-order valence-electron chi connectivity index (χ1n) is 24.4. The summed E-state index contributed by atoms with van der Waals surface area (Å²) in [4.78, 5) is 77.8. The van der Waals surface area contributed by atoms with Gasteiger partial charge >= 0.3 is 12.1 Å². The number of hydrogen-bond donors (Lipinski definition) is 5. The van der Waals surface area contributed by atoms with E-state index in [4.69, 9.17) is 55.0 Å². The molecule has 26 heteroatoms. The van der Waals surface area contributed by atoms with Crippen LogP contribution >= 0.6 is 23.2 Å². The van der Waals surface area contributed by atoms with Crippen molar-refractivity contribution < 1.29 is 55.4 Å². The van der Waals surface area contributed by atoms with Crippen LogP contribution in [0.5, 0.6) is 5.75 Å². The van der Waals surface area contributed by atoms with Crippen LogP contribution < -0.4 is 26.7 Å². The van der Waals surface area contributed by atoms with Crippen molar-refractivity contribution in [3.8, 4) is 5.75 Å². The van der Waals surface area contributed by atoms with Crippen molar-refractivity contribution in [1.82, 2.24) is 34.2 Å². The molecule has 406 valence electrons. The number of pyridine rings is 1. The molecular weight excluding hydrogens is 1050 g/mol. The number of guanidine groups is 1. The summed E-state index contributed by atoms with van der Waals surface area (Å²) in [6, 6.07) is 9.54. The summed E-state index contributed by atoms with van der Waals surface area (Å²) in [5.74, 6) is -2.90. The summed E-state index contributed by atoms with van der Waals surface area (Å²) >= 11 is 13.2. The Bertz CT molecular complexity index is 2920. The molecule has 3 unspecified atom stereocenters. The first-order chi connectivity index (χ1) is 35.4. The molecule has 1 saturated carbocycles. The van der Waals surface area contributed by atoms with Crippen LogP contribution in [0.3, 0.4) is 0 Å². The molecule has 0 radical (unpaired) electrons. The zero-order valence-corrected chi connectivity index (χ0v) is 43.7. The van der Waals surface area contributed by atoms with Gasteiger partial charge in [-0.25, -0.2) is 22.9 Å². The molecule has 2 aliphatic carbocycles. The summed E-state index contributed by atoms with van der Waals surface area (Å²) in [5.41, 5.74) is 21.6. The first-order valence-corrected chi connectivity index (χ1v) is 26.7. The molecule has 2 amide bonds. The number of nitrogens with one attached hydrogen (secondary N) is 1. The van der Waals surface area contributed by atoms with Gasteiger partial charge in [0.15, 0.2) is 5.96 Å². The molecule has 4 aliphatic heterocycles. The average molecular weight is 1110 g/mol. The number of ketones is 2. The first kappa shape index (κ1) is 56.5. The lowest BCUT2D eigenvalue weighted by atomic mass is 10.0. The van der Waals surface area contributed by atoms with Gasteiger partial charge < -0.3 is 51.5 Å². The van der Waals surface area contributed by atoms with Crippen LogP contribution in [0.25, 0.3) is 10.9 Å². The number of carbonyl (C=O) groups excluding carboxylic acids is 4. The molecule has 6 aliphatic rings. The lowest BCUT2D eigenvalue weighted by Gasteiger charge is -2.37. The van der Waals surface area contributed by atoms with Gasteiger partial charge in [0.05, 0.1) is 16.6 Å². The van der Waals surface area contributed by atoms with Gasteiger partial charge in [0.25, 0.3) is 0 Å². The number of nitrogens with zero attached hydrogens (tertiary/aromatic N) is 7. The molecule has 5 fully saturated rings. The maximum Gasteiger partial charge on any atom is 0.490 e. The number of fused-ring (bicyclic) bond motifs is 1. The van der Waals surface area contributed by atoms with Crippen molar-refractivity contribution in [2.75, 3.05) is 72.0 Å². The third-order valence-corrected chi connectivity index (χ3v) is 15.7. The number of allylic oxidation sites excluding steroid dienone is 1. The van der Waals surface area contributed by atoms with Gasteiger partial charge in [-0.15, -0.1) is 0 Å². The number of aliphatic carboxylic acids is 1. The number of sulfonamides is 1. The topological polar surface area (TPSA) is 280 Å². The standard InChI is InChI=1S/C35H46Cl2N8O5S.C12H13N3O2.C2HF3O2/c1-21-18-22(2)42-33-24(21)7-4-10-29(33)50-20-26-27(36)11-12-30(32(26)37)51(48,49)43-28-9-3-8-25(28)34(47)45-16-14-44(15-17-45)31(46)19-23(38)6-5-13-41-35(39)40;16-9-7-8(13-1-2-13)12(17)11(15-5-6-15)10(9)14-3-4-14;3-2(4,5)1(6)7/h4,7,10-12,18,23,25,28,43H,3,5-6,8-9,13-17,19-20,38H2,1-2H3,(H4,39,40,41);7H,1-6H2;(H,6,7). The van der Waals surface area contributed by atoms with Gasteiger partial charge in [0.2, 0.25) is 33.4 Å². The fourth-order valence-corrected chi connectivity index (χ4v) is 11.3. The third kappa shape index (κ3) is 14.4. The number of rotatable bonds is 16. The van der Waals surface area contributed by atoms with E-state index < -0.39 is 34.1 Å². The number of aryl methyl sites for hydroxylation is 2. The number of aliphatic imine (C=N–C) groups is 1. The minimum absolute atomic E-state index is 0.00546. The Morgan fingerprint density at radius 2 is 1.55 bits per heavy atom. The number of hydrogen-bond acceptors (Lipinski definition) is 14. The summed E-state index contributed by atoms with van der Waals surface area (Å²) in [5, 5.41) is 8.28. The highest BCUT2D eigenvalue weighted by Gasteiger charge is 2.44. The average Bonchev–Trinajstić information content (AvgIpc) is 4.21. The largest absolute Gasteiger partial charge is 0.490 e. The maximum absolute atomic E-state index is 13.8. The second kappa shape index (κ2) is 23.8. The van der Waals surface area contributed by atoms with E-state index in [1.54, 1.807) is 15.9 Å². The molecule has 8 N–H and O–H groups in total. The number of carboxylic acids is 1. The molecule has 4 saturated heterocycles. The number of piperazine rings is 1. The lowest BCUT2D eigenvalue weighted by molar-refractivity contribution is -0.192. The number of carboxylic acid groups (broad SMARTS) is 1. The molecule has 0 bridgehead atoms. The van der Waals surface area contributed by atoms with E-state index in [-0.39, 0.29) is 63.4 Å². The monoisotopic (exact) mass is 1110 g/mol. The Morgan fingerprint density at radius 1 is 0.920 bits per heavy atom. The molecule has 1 aromatic heterocycles. The van der Waals surface area contributed by atoms with E-state index >= 15 is 0 Å². The van der Waals surface area contributed by atoms with Crippen molar-refractivity contribution in [2.24, 2.45) is 28.1 Å². The Morgan fingerprint density at radius 3 is 2.16 bits per heavy atom. The summed E-state index contributed by atoms with van der Waals surface area (Å²) in [6.07, 6.45) is -0.342. The molecule has 75 heavy (non-hydrogen) atoms. The fourth-order valence-electron chi connectivity index (χ4n) is 9.10. The minimum Gasteiger partial charge on any atom is -0.487 e. The number of benzene rings is 2. The number of amides is 2. The highest BCUT2D eigenvalue weighted by molar-refractivity contribution is 7.89. The molecule has 2 aromatic carbocycles. The number of aromatic nitrogens is 1. The van der Waals surface area contributed by atoms with Gasteiger partial charge in [0, 0.05) is 118 Å². The van der Waals surface area contributed by atoms with Crippen molar-refractivity contribution in [3.05, 3.63) is 86.4 Å². The highest BCUT2D eigenvalue weighted by atomic mass is 35.5. The smallest absolute Gasteiger partial charge is 0.487 e. The van der Waals surface area contributed by atoms with Crippen molar-refractivity contribution in [1.29, 1.82) is 0 Å². The van der Waals surface area contributed by atoms with Crippen molar-refractivity contribution in [2.45, 2.75) is 82.1 Å². The van der Waals surface area contributed by atoms with Gasteiger partial charge in [-0.1, -0.05) is 41.8 Å². The number of carbonyl (C=O) groups is 5. The van der Waals surface area contributed by atoms with Crippen LogP contribution in [0.15, 0.2) is 69.5 Å². The second-order valence-corrected chi connectivity index (χ2v) is 21.4. The number of para-hydroxylation sites is 1. The van der Waals surface area contributed by atoms with Crippen LogP contribution in [0, 0.1) is 19.8 Å². The number of ether oxygens (including phenoxy) is 1. The minimum atomic E-state index is -5.08. The van der Waals surface area contributed by atoms with Crippen LogP contribution in [0.4, 0.5) is 13.2 Å². The van der Waals surface area contributed by atoms with E-state index in [9.17, 15) is 40.8 Å². The van der Waals surface area contributed by atoms with Gasteiger partial charge in [-0.05, 0) is 69.4 Å². The Kier molecular flexibility index (Phi) is 17.9. The lowest BCUT2D eigenvalue weighted by Crippen LogP contribution is -2.54. The zero-order chi connectivity index (χ0) is 54.5. The maximum atomic E-state index is 13.8. The summed E-state index contributed by atoms with van der Waals surface area (Å²) in [6.45, 7) is 11.2. The molecule has 5 heterocycles. The van der Waals surface area contributed by atoms with E-state index in [1.807, 2.05) is 46.7 Å². The summed E-state index contributed by atoms with van der Waals surface area (Å²) < 4.78 is 68.2. The molecule has 3 aromatic rings. The Labute approximate surface area is 441 Å². The number of halogens is 5. The second-order valence-electron chi connectivity index (χ2n) is 18.9. The number of nitrogens with two attached hydrogens (primary N) is 3. The zero-order valence-electron chi connectivity index (χ0n) is 41.4. The predicted octanol–water partition coefficient (Wildman–Crippen LogP) is 3.44. The predicted molar refractivity (Wildman–Crippen MR) is 273 cm³/mol. The molecule has 0 spiro atoms. The number of Topliss-reactive ketones (excluding diaryl/α,β-unsaturated/α-hetero) is 1. The van der Waals surface area contributed by atoms with Gasteiger partial charge in [-0.2, -0.15) is 13.2 Å².